The molecule has 3 nitrogen and oxygen atoms in total. The Kier molecular flexibility index (Phi) is 4.36. The summed E-state index contributed by atoms with van der Waals surface area (Å²) >= 11 is 7.72. The molecule has 21 heavy (non-hydrogen) atoms. The lowest BCUT2D eigenvalue weighted by molar-refractivity contribution is 0.495. The molecule has 2 aromatic rings. The Bertz CT molecular complexity index is 726. The van der Waals surface area contributed by atoms with Crippen molar-refractivity contribution in [2.75, 3.05) is 12.3 Å². The lowest BCUT2D eigenvalue weighted by Gasteiger charge is -2.26. The molecule has 0 unspecified atom stereocenters. The fourth-order valence-corrected chi connectivity index (χ4v) is 5.14. The van der Waals surface area contributed by atoms with E-state index in [0.717, 1.165) is 18.5 Å². The van der Waals surface area contributed by atoms with Crippen molar-refractivity contribution < 1.29 is 8.42 Å². The molecule has 1 aliphatic rings. The SMILES string of the molecule is O=S1(=O)CC[C@H](NCCc2ccsc2)c2cc(Cl)ccc21. The van der Waals surface area contributed by atoms with E-state index in [1.165, 1.54) is 5.56 Å². The monoisotopic (exact) mass is 341 g/mol. The lowest BCUT2D eigenvalue weighted by atomic mass is 10.0. The molecule has 0 saturated carbocycles. The van der Waals surface area contributed by atoms with Gasteiger partial charge in [0.25, 0.3) is 0 Å². The molecule has 1 aromatic carbocycles. The van der Waals surface area contributed by atoms with Crippen molar-refractivity contribution in [1.29, 1.82) is 0 Å². The van der Waals surface area contributed by atoms with Gasteiger partial charge in [0.2, 0.25) is 0 Å². The quantitative estimate of drug-likeness (QED) is 0.926. The van der Waals surface area contributed by atoms with E-state index in [9.17, 15) is 8.42 Å². The number of hydrogen-bond acceptors (Lipinski definition) is 4. The molecular formula is C15H16ClNO2S2. The molecule has 0 amide bonds. The van der Waals surface area contributed by atoms with Gasteiger partial charge in [0.05, 0.1) is 10.6 Å². The van der Waals surface area contributed by atoms with Gasteiger partial charge in [0, 0.05) is 11.1 Å². The summed E-state index contributed by atoms with van der Waals surface area (Å²) in [6.45, 7) is 0.827. The van der Waals surface area contributed by atoms with Crippen LogP contribution in [0.3, 0.4) is 0 Å². The van der Waals surface area contributed by atoms with Gasteiger partial charge in [-0.1, -0.05) is 11.6 Å². The van der Waals surface area contributed by atoms with E-state index in [2.05, 4.69) is 22.1 Å². The van der Waals surface area contributed by atoms with Crippen molar-refractivity contribution in [3.63, 3.8) is 0 Å². The van der Waals surface area contributed by atoms with Crippen LogP contribution >= 0.6 is 22.9 Å². The zero-order valence-electron chi connectivity index (χ0n) is 11.4. The molecular weight excluding hydrogens is 326 g/mol. The van der Waals surface area contributed by atoms with Gasteiger partial charge >= 0.3 is 0 Å². The summed E-state index contributed by atoms with van der Waals surface area (Å²) in [5, 5.41) is 8.25. The van der Waals surface area contributed by atoms with Crippen LogP contribution in [0.25, 0.3) is 0 Å². The Morgan fingerprint density at radius 2 is 2.19 bits per heavy atom. The van der Waals surface area contributed by atoms with Crippen LogP contribution in [0.4, 0.5) is 0 Å². The summed E-state index contributed by atoms with van der Waals surface area (Å²) in [7, 11) is -3.16. The highest BCUT2D eigenvalue weighted by Gasteiger charge is 2.29. The van der Waals surface area contributed by atoms with E-state index in [1.54, 1.807) is 29.5 Å². The van der Waals surface area contributed by atoms with E-state index >= 15 is 0 Å². The number of rotatable bonds is 4. The molecule has 0 spiro atoms. The van der Waals surface area contributed by atoms with Crippen LogP contribution in [0.15, 0.2) is 39.9 Å². The minimum Gasteiger partial charge on any atom is -0.310 e. The van der Waals surface area contributed by atoms with E-state index < -0.39 is 9.84 Å². The van der Waals surface area contributed by atoms with Gasteiger partial charge in [-0.2, -0.15) is 11.3 Å². The highest BCUT2D eigenvalue weighted by molar-refractivity contribution is 7.91. The van der Waals surface area contributed by atoms with Crippen LogP contribution in [0.1, 0.15) is 23.6 Å². The van der Waals surface area contributed by atoms with Crippen LogP contribution in [-0.2, 0) is 16.3 Å². The average Bonchev–Trinajstić information content (AvgIpc) is 2.94. The van der Waals surface area contributed by atoms with Gasteiger partial charge in [-0.25, -0.2) is 8.42 Å². The molecule has 0 bridgehead atoms. The summed E-state index contributed by atoms with van der Waals surface area (Å²) in [6.07, 6.45) is 1.54. The normalized spacial score (nSPS) is 20.1. The summed E-state index contributed by atoms with van der Waals surface area (Å²) in [6, 6.07) is 7.21. The maximum atomic E-state index is 12.1. The van der Waals surface area contributed by atoms with Crippen molar-refractivity contribution >= 4 is 32.8 Å². The first kappa shape index (κ1) is 15.0. The zero-order chi connectivity index (χ0) is 14.9. The van der Waals surface area contributed by atoms with Gasteiger partial charge in [-0.3, -0.25) is 0 Å². The number of hydrogen-bond donors (Lipinski definition) is 1. The smallest absolute Gasteiger partial charge is 0.178 e. The van der Waals surface area contributed by atoms with Crippen LogP contribution in [0, 0.1) is 0 Å². The van der Waals surface area contributed by atoms with Crippen molar-refractivity contribution in [1.82, 2.24) is 5.32 Å². The number of fused-ring (bicyclic) bond motifs is 1. The van der Waals surface area contributed by atoms with Crippen molar-refractivity contribution in [3.05, 3.63) is 51.2 Å². The van der Waals surface area contributed by atoms with E-state index in [1.807, 2.05) is 0 Å². The van der Waals surface area contributed by atoms with Crippen LogP contribution < -0.4 is 5.32 Å². The molecule has 0 aliphatic carbocycles. The molecule has 0 saturated heterocycles. The minimum atomic E-state index is -3.16. The molecule has 1 aromatic heterocycles. The minimum absolute atomic E-state index is 0.0564. The van der Waals surface area contributed by atoms with Gasteiger partial charge in [-0.15, -0.1) is 0 Å². The van der Waals surface area contributed by atoms with Crippen molar-refractivity contribution in [2.24, 2.45) is 0 Å². The first-order valence-corrected chi connectivity index (χ1v) is 9.80. The number of nitrogens with one attached hydrogen (secondary N) is 1. The number of thiophene rings is 1. The molecule has 1 atom stereocenters. The summed E-state index contributed by atoms with van der Waals surface area (Å²) in [4.78, 5) is 0.422. The number of halogens is 1. The van der Waals surface area contributed by atoms with Crippen LogP contribution in [0.2, 0.25) is 5.02 Å². The molecule has 2 heterocycles. The standard InChI is InChI=1S/C15H16ClNO2S2/c16-12-1-2-15-13(9-12)14(5-8-21(15,18)19)17-6-3-11-4-7-20-10-11/h1-2,4,7,9-10,14,17H,3,5-6,8H2/t14-/m0/s1. The second kappa shape index (κ2) is 6.08. The molecule has 1 N–H and O–H groups in total. The Balaban J connectivity index is 1.76. The van der Waals surface area contributed by atoms with Gasteiger partial charge in [-0.05, 0) is 65.5 Å². The highest BCUT2D eigenvalue weighted by atomic mass is 35.5. The second-order valence-corrected chi connectivity index (χ2v) is 8.47. The maximum absolute atomic E-state index is 12.1. The molecule has 3 rings (SSSR count). The molecule has 6 heteroatoms. The Labute approximate surface area is 133 Å². The summed E-state index contributed by atoms with van der Waals surface area (Å²) in [5.74, 6) is 0.192. The fraction of sp³-hybridized carbons (Fsp3) is 0.333. The van der Waals surface area contributed by atoms with Crippen LogP contribution in [-0.4, -0.2) is 20.7 Å². The first-order chi connectivity index (χ1) is 10.1. The fourth-order valence-electron chi connectivity index (χ4n) is 2.65. The van der Waals surface area contributed by atoms with Gasteiger partial charge in [0.1, 0.15) is 0 Å². The Hall–Kier alpha value is -0.880. The third-order valence-electron chi connectivity index (χ3n) is 3.74. The first-order valence-electron chi connectivity index (χ1n) is 6.83. The molecule has 112 valence electrons. The number of benzene rings is 1. The highest BCUT2D eigenvalue weighted by Crippen LogP contribution is 2.33. The van der Waals surface area contributed by atoms with Gasteiger partial charge in [0.15, 0.2) is 9.84 Å². The second-order valence-electron chi connectivity index (χ2n) is 5.18. The predicted octanol–water partition coefficient (Wildman–Crippen LogP) is 3.45. The third kappa shape index (κ3) is 3.31. The third-order valence-corrected chi connectivity index (χ3v) is 6.52. The largest absolute Gasteiger partial charge is 0.310 e. The molecule has 0 radical (unpaired) electrons. The molecule has 1 aliphatic heterocycles. The topological polar surface area (TPSA) is 46.2 Å². The van der Waals surface area contributed by atoms with Crippen LogP contribution in [0.5, 0.6) is 0 Å². The predicted molar refractivity (Wildman–Crippen MR) is 86.9 cm³/mol. The average molecular weight is 342 g/mol. The summed E-state index contributed by atoms with van der Waals surface area (Å²) < 4.78 is 24.2. The zero-order valence-corrected chi connectivity index (χ0v) is 13.8. The Morgan fingerprint density at radius 3 is 2.95 bits per heavy atom. The van der Waals surface area contributed by atoms with Gasteiger partial charge < -0.3 is 5.32 Å². The van der Waals surface area contributed by atoms with Crippen molar-refractivity contribution in [3.8, 4) is 0 Å². The Morgan fingerprint density at radius 1 is 1.33 bits per heavy atom. The maximum Gasteiger partial charge on any atom is 0.178 e. The molecule has 0 fully saturated rings. The van der Waals surface area contributed by atoms with Crippen molar-refractivity contribution in [2.45, 2.75) is 23.8 Å². The number of sulfone groups is 1. The summed E-state index contributed by atoms with van der Waals surface area (Å²) in [5.41, 5.74) is 2.11. The van der Waals surface area contributed by atoms with E-state index in [0.29, 0.717) is 16.3 Å². The van der Waals surface area contributed by atoms with E-state index in [-0.39, 0.29) is 11.8 Å². The lowest BCUT2D eigenvalue weighted by Crippen LogP contribution is -2.31. The van der Waals surface area contributed by atoms with E-state index in [4.69, 9.17) is 11.6 Å².